The second kappa shape index (κ2) is 8.29. The van der Waals surface area contributed by atoms with Crippen LogP contribution in [-0.4, -0.2) is 31.5 Å². The van der Waals surface area contributed by atoms with Crippen LogP contribution in [0.4, 0.5) is 4.39 Å². The van der Waals surface area contributed by atoms with Crippen LogP contribution in [-0.2, 0) is 17.9 Å². The molecule has 23 heavy (non-hydrogen) atoms. The summed E-state index contributed by atoms with van der Waals surface area (Å²) in [5.41, 5.74) is 1.49. The number of carbonyl (C=O) groups excluding carboxylic acids is 1. The van der Waals surface area contributed by atoms with E-state index in [0.717, 1.165) is 11.3 Å². The predicted molar refractivity (Wildman–Crippen MR) is 87.6 cm³/mol. The summed E-state index contributed by atoms with van der Waals surface area (Å²) in [5.74, 6) is 0.371. The average Bonchev–Trinajstić information content (AvgIpc) is 2.55. The maximum Gasteiger partial charge on any atom is 0.234 e. The highest BCUT2D eigenvalue weighted by molar-refractivity contribution is 5.78. The van der Waals surface area contributed by atoms with Gasteiger partial charge in [0, 0.05) is 24.2 Å². The van der Waals surface area contributed by atoms with Crippen LogP contribution in [0.1, 0.15) is 11.1 Å². The number of para-hydroxylation sites is 1. The zero-order valence-corrected chi connectivity index (χ0v) is 13.4. The van der Waals surface area contributed by atoms with Crippen LogP contribution in [0.15, 0.2) is 48.5 Å². The molecule has 0 bridgehead atoms. The fraction of sp³-hybridized carbons (Fsp3) is 0.278. The summed E-state index contributed by atoms with van der Waals surface area (Å²) < 4.78 is 18.8. The molecule has 4 nitrogen and oxygen atoms in total. The molecule has 0 radical (unpaired) electrons. The fourth-order valence-electron chi connectivity index (χ4n) is 2.32. The van der Waals surface area contributed by atoms with Crippen molar-refractivity contribution in [3.63, 3.8) is 0 Å². The Balaban J connectivity index is 1.83. The van der Waals surface area contributed by atoms with Gasteiger partial charge in [0.25, 0.3) is 0 Å². The second-order valence-electron chi connectivity index (χ2n) is 5.35. The summed E-state index contributed by atoms with van der Waals surface area (Å²) in [6.45, 7) is 0.981. The van der Waals surface area contributed by atoms with E-state index in [-0.39, 0.29) is 18.3 Å². The normalized spacial score (nSPS) is 10.6. The van der Waals surface area contributed by atoms with Crippen molar-refractivity contribution < 1.29 is 13.9 Å². The van der Waals surface area contributed by atoms with Crippen LogP contribution >= 0.6 is 0 Å². The highest BCUT2D eigenvalue weighted by Gasteiger charge is 2.10. The summed E-state index contributed by atoms with van der Waals surface area (Å²) in [6, 6.07) is 14.1. The van der Waals surface area contributed by atoms with Gasteiger partial charge < -0.3 is 10.1 Å². The van der Waals surface area contributed by atoms with Gasteiger partial charge in [0.15, 0.2) is 0 Å². The van der Waals surface area contributed by atoms with Gasteiger partial charge in [-0.05, 0) is 19.2 Å². The third-order valence-corrected chi connectivity index (χ3v) is 3.48. The summed E-state index contributed by atoms with van der Waals surface area (Å²) in [4.78, 5) is 13.8. The Labute approximate surface area is 135 Å². The Morgan fingerprint density at radius 2 is 1.78 bits per heavy atom. The highest BCUT2D eigenvalue weighted by atomic mass is 19.1. The van der Waals surface area contributed by atoms with Crippen molar-refractivity contribution in [2.24, 2.45) is 0 Å². The molecule has 0 aromatic heterocycles. The molecule has 2 aromatic carbocycles. The Kier molecular flexibility index (Phi) is 6.11. The topological polar surface area (TPSA) is 41.6 Å². The lowest BCUT2D eigenvalue weighted by Crippen LogP contribution is -2.34. The van der Waals surface area contributed by atoms with Crippen LogP contribution in [0.5, 0.6) is 5.75 Å². The molecule has 0 heterocycles. The number of ether oxygens (including phenoxy) is 1. The molecule has 0 aliphatic carbocycles. The molecule has 2 rings (SSSR count). The Morgan fingerprint density at radius 1 is 1.13 bits per heavy atom. The summed E-state index contributed by atoms with van der Waals surface area (Å²) >= 11 is 0. The lowest BCUT2D eigenvalue weighted by atomic mass is 10.2. The van der Waals surface area contributed by atoms with Gasteiger partial charge in [-0.3, -0.25) is 9.69 Å². The van der Waals surface area contributed by atoms with Crippen molar-refractivity contribution in [2.45, 2.75) is 13.1 Å². The molecule has 0 unspecified atom stereocenters. The lowest BCUT2D eigenvalue weighted by molar-refractivity contribution is -0.122. The lowest BCUT2D eigenvalue weighted by Gasteiger charge is -2.17. The standard InChI is InChI=1S/C18H21FN2O2/c1-21(12-15-8-3-5-9-16(15)19)13-18(22)20-11-14-7-4-6-10-17(14)23-2/h3-10H,11-13H2,1-2H3,(H,20,22). The molecule has 0 aliphatic rings. The summed E-state index contributed by atoms with van der Waals surface area (Å²) in [6.07, 6.45) is 0. The molecule has 0 fully saturated rings. The molecule has 0 atom stereocenters. The van der Waals surface area contributed by atoms with Gasteiger partial charge >= 0.3 is 0 Å². The van der Waals surface area contributed by atoms with Crippen molar-refractivity contribution in [3.05, 3.63) is 65.5 Å². The largest absolute Gasteiger partial charge is 0.496 e. The van der Waals surface area contributed by atoms with Gasteiger partial charge in [-0.15, -0.1) is 0 Å². The molecule has 0 saturated carbocycles. The molecule has 1 amide bonds. The molecule has 1 N–H and O–H groups in total. The number of carbonyl (C=O) groups is 1. The number of benzene rings is 2. The van der Waals surface area contributed by atoms with E-state index in [0.29, 0.717) is 18.7 Å². The van der Waals surface area contributed by atoms with Gasteiger partial charge in [-0.25, -0.2) is 4.39 Å². The first-order valence-electron chi connectivity index (χ1n) is 7.40. The minimum absolute atomic E-state index is 0.116. The Bertz CT molecular complexity index is 661. The van der Waals surface area contributed by atoms with E-state index in [4.69, 9.17) is 4.74 Å². The maximum atomic E-state index is 13.6. The zero-order chi connectivity index (χ0) is 16.7. The highest BCUT2D eigenvalue weighted by Crippen LogP contribution is 2.16. The quantitative estimate of drug-likeness (QED) is 0.854. The minimum Gasteiger partial charge on any atom is -0.496 e. The van der Waals surface area contributed by atoms with E-state index in [1.54, 1.807) is 37.3 Å². The summed E-state index contributed by atoms with van der Waals surface area (Å²) in [5, 5.41) is 2.85. The van der Waals surface area contributed by atoms with Gasteiger partial charge in [0.1, 0.15) is 11.6 Å². The van der Waals surface area contributed by atoms with E-state index in [1.165, 1.54) is 6.07 Å². The van der Waals surface area contributed by atoms with Crippen LogP contribution in [0, 0.1) is 5.82 Å². The SMILES string of the molecule is COc1ccccc1CNC(=O)CN(C)Cc1ccccc1F. The molecule has 2 aromatic rings. The van der Waals surface area contributed by atoms with Gasteiger partial charge in [0.2, 0.25) is 5.91 Å². The van der Waals surface area contributed by atoms with E-state index < -0.39 is 0 Å². The molecular formula is C18H21FN2O2. The number of amides is 1. The second-order valence-corrected chi connectivity index (χ2v) is 5.35. The van der Waals surface area contributed by atoms with Crippen LogP contribution in [0.2, 0.25) is 0 Å². The van der Waals surface area contributed by atoms with E-state index >= 15 is 0 Å². The molecule has 0 saturated heterocycles. The van der Waals surface area contributed by atoms with Gasteiger partial charge in [0.05, 0.1) is 13.7 Å². The van der Waals surface area contributed by atoms with Crippen molar-refractivity contribution in [3.8, 4) is 5.75 Å². The Morgan fingerprint density at radius 3 is 2.48 bits per heavy atom. The zero-order valence-electron chi connectivity index (χ0n) is 13.4. The number of likely N-dealkylation sites (N-methyl/N-ethyl adjacent to an activating group) is 1. The number of nitrogens with zero attached hydrogens (tertiary/aromatic N) is 1. The van der Waals surface area contributed by atoms with Crippen LogP contribution in [0.3, 0.4) is 0 Å². The molecule has 5 heteroatoms. The maximum absolute atomic E-state index is 13.6. The number of hydrogen-bond acceptors (Lipinski definition) is 3. The van der Waals surface area contributed by atoms with E-state index in [2.05, 4.69) is 5.32 Å². The average molecular weight is 316 g/mol. The van der Waals surface area contributed by atoms with E-state index in [9.17, 15) is 9.18 Å². The monoisotopic (exact) mass is 316 g/mol. The number of hydrogen-bond donors (Lipinski definition) is 1. The molecule has 0 aliphatic heterocycles. The number of nitrogens with one attached hydrogen (secondary N) is 1. The molecule has 122 valence electrons. The Hall–Kier alpha value is -2.40. The first-order valence-corrected chi connectivity index (χ1v) is 7.40. The minimum atomic E-state index is -0.256. The van der Waals surface area contributed by atoms with Gasteiger partial charge in [-0.1, -0.05) is 36.4 Å². The number of halogens is 1. The first-order chi connectivity index (χ1) is 11.1. The smallest absolute Gasteiger partial charge is 0.234 e. The third kappa shape index (κ3) is 5.07. The number of methoxy groups -OCH3 is 1. The predicted octanol–water partition coefficient (Wildman–Crippen LogP) is 2.58. The van der Waals surface area contributed by atoms with E-state index in [1.807, 2.05) is 24.3 Å². The van der Waals surface area contributed by atoms with Crippen molar-refractivity contribution in [1.82, 2.24) is 10.2 Å². The van der Waals surface area contributed by atoms with Gasteiger partial charge in [-0.2, -0.15) is 0 Å². The third-order valence-electron chi connectivity index (χ3n) is 3.48. The van der Waals surface area contributed by atoms with Crippen molar-refractivity contribution in [2.75, 3.05) is 20.7 Å². The molecular weight excluding hydrogens is 295 g/mol. The van der Waals surface area contributed by atoms with Crippen LogP contribution in [0.25, 0.3) is 0 Å². The molecule has 0 spiro atoms. The number of rotatable bonds is 7. The first kappa shape index (κ1) is 17.0. The fourth-order valence-corrected chi connectivity index (χ4v) is 2.32. The van der Waals surface area contributed by atoms with Crippen molar-refractivity contribution in [1.29, 1.82) is 0 Å². The summed E-state index contributed by atoms with van der Waals surface area (Å²) in [7, 11) is 3.39. The van der Waals surface area contributed by atoms with Crippen molar-refractivity contribution >= 4 is 5.91 Å². The van der Waals surface area contributed by atoms with Crippen LogP contribution < -0.4 is 10.1 Å².